The summed E-state index contributed by atoms with van der Waals surface area (Å²) < 4.78 is 47.6. The molecule has 0 aliphatic heterocycles. The minimum Gasteiger partial charge on any atom is -0.347 e. The Morgan fingerprint density at radius 2 is 1.80 bits per heavy atom. The van der Waals surface area contributed by atoms with Crippen LogP contribution in [0.25, 0.3) is 22.2 Å². The molecule has 2 heterocycles. The summed E-state index contributed by atoms with van der Waals surface area (Å²) in [6, 6.07) is 12.8. The lowest BCUT2D eigenvalue weighted by Crippen LogP contribution is -2.40. The van der Waals surface area contributed by atoms with E-state index in [0.717, 1.165) is 6.42 Å². The molecule has 0 bridgehead atoms. The van der Waals surface area contributed by atoms with Crippen LogP contribution in [0.5, 0.6) is 0 Å². The van der Waals surface area contributed by atoms with Crippen LogP contribution in [-0.4, -0.2) is 53.0 Å². The zero-order valence-corrected chi connectivity index (χ0v) is 25.0. The van der Waals surface area contributed by atoms with Gasteiger partial charge in [-0.1, -0.05) is 37.3 Å². The summed E-state index contributed by atoms with van der Waals surface area (Å²) in [6.07, 6.45) is 2.90. The SMILES string of the molecule is CCCc1nc2ccn(CC(=O)N(C)C)c(=O)c2n1Cc1ccc(-c2ccccc2S(=O)(=O)NC(C)(C)C)cc1F. The predicted molar refractivity (Wildman–Crippen MR) is 158 cm³/mol. The molecule has 0 unspecified atom stereocenters. The van der Waals surface area contributed by atoms with Crippen LogP contribution in [0.15, 0.2) is 64.4 Å². The first-order valence-electron chi connectivity index (χ1n) is 13.4. The second-order valence-electron chi connectivity index (χ2n) is 11.3. The Labute approximate surface area is 239 Å². The van der Waals surface area contributed by atoms with Crippen LogP contribution in [0, 0.1) is 5.82 Å². The van der Waals surface area contributed by atoms with Crippen molar-refractivity contribution in [1.29, 1.82) is 0 Å². The number of rotatable bonds is 9. The highest BCUT2D eigenvalue weighted by Crippen LogP contribution is 2.30. The summed E-state index contributed by atoms with van der Waals surface area (Å²) >= 11 is 0. The molecule has 0 aliphatic rings. The van der Waals surface area contributed by atoms with Gasteiger partial charge in [0.1, 0.15) is 23.7 Å². The Kier molecular flexibility index (Phi) is 8.51. The Morgan fingerprint density at radius 3 is 2.44 bits per heavy atom. The number of aromatic nitrogens is 3. The molecule has 1 amide bonds. The molecule has 2 aromatic heterocycles. The summed E-state index contributed by atoms with van der Waals surface area (Å²) in [5.41, 5.74) is 0.819. The summed E-state index contributed by atoms with van der Waals surface area (Å²) in [6.45, 7) is 7.18. The van der Waals surface area contributed by atoms with Crippen molar-refractivity contribution in [1.82, 2.24) is 23.7 Å². The van der Waals surface area contributed by atoms with Crippen LogP contribution in [0.2, 0.25) is 0 Å². The van der Waals surface area contributed by atoms with E-state index in [9.17, 15) is 18.0 Å². The highest BCUT2D eigenvalue weighted by atomic mass is 32.2. The molecule has 1 N–H and O–H groups in total. The fourth-order valence-electron chi connectivity index (χ4n) is 4.63. The number of carbonyl (C=O) groups excluding carboxylic acids is 1. The number of imidazole rings is 1. The zero-order valence-electron chi connectivity index (χ0n) is 24.2. The van der Waals surface area contributed by atoms with E-state index in [1.807, 2.05) is 6.92 Å². The van der Waals surface area contributed by atoms with Crippen molar-refractivity contribution in [3.05, 3.63) is 82.3 Å². The van der Waals surface area contributed by atoms with Crippen molar-refractivity contribution >= 4 is 27.0 Å². The molecule has 0 aliphatic carbocycles. The number of pyridine rings is 1. The van der Waals surface area contributed by atoms with Crippen molar-refractivity contribution < 1.29 is 17.6 Å². The standard InChI is InChI=1S/C30H36FN5O4S/c1-7-10-26-32-24-15-16-35(19-27(37)34(5)6)29(38)28(24)36(26)18-21-14-13-20(17-23(21)31)22-11-8-9-12-25(22)41(39,40)33-30(2,3)4/h8-9,11-17,33H,7,10,18-19H2,1-6H3. The monoisotopic (exact) mass is 581 g/mol. The first-order chi connectivity index (χ1) is 19.2. The Morgan fingerprint density at radius 1 is 1.10 bits per heavy atom. The average molecular weight is 582 g/mol. The van der Waals surface area contributed by atoms with Crippen LogP contribution in [-0.2, 0) is 34.3 Å². The number of hydrogen-bond donors (Lipinski definition) is 1. The predicted octanol–water partition coefficient (Wildman–Crippen LogP) is 4.17. The van der Waals surface area contributed by atoms with Crippen molar-refractivity contribution in [2.24, 2.45) is 0 Å². The van der Waals surface area contributed by atoms with E-state index in [2.05, 4.69) is 9.71 Å². The number of likely N-dealkylation sites (N-methyl/N-ethyl adjacent to an activating group) is 1. The number of amides is 1. The van der Waals surface area contributed by atoms with Crippen molar-refractivity contribution in [2.75, 3.05) is 14.1 Å². The number of benzene rings is 2. The molecule has 0 spiro atoms. The maximum absolute atomic E-state index is 15.7. The third kappa shape index (κ3) is 6.57. The molecular formula is C30H36FN5O4S. The average Bonchev–Trinajstić information content (AvgIpc) is 3.23. The van der Waals surface area contributed by atoms with Crippen LogP contribution in [0.3, 0.4) is 0 Å². The molecule has 4 aromatic rings. The van der Waals surface area contributed by atoms with E-state index in [-0.39, 0.29) is 29.5 Å². The zero-order chi connectivity index (χ0) is 30.1. The summed E-state index contributed by atoms with van der Waals surface area (Å²) in [4.78, 5) is 31.8. The number of nitrogens with zero attached hydrogens (tertiary/aromatic N) is 4. The topological polar surface area (TPSA) is 106 Å². The van der Waals surface area contributed by atoms with Gasteiger partial charge in [-0.2, -0.15) is 0 Å². The highest BCUT2D eigenvalue weighted by Gasteiger charge is 2.25. The van der Waals surface area contributed by atoms with Gasteiger partial charge in [0.2, 0.25) is 15.9 Å². The number of sulfonamides is 1. The first-order valence-corrected chi connectivity index (χ1v) is 14.9. The molecule has 11 heteroatoms. The molecule has 41 heavy (non-hydrogen) atoms. The third-order valence-corrected chi connectivity index (χ3v) is 8.35. The normalized spacial score (nSPS) is 12.2. The quantitative estimate of drug-likeness (QED) is 0.319. The Balaban J connectivity index is 1.76. The molecule has 4 rings (SSSR count). The molecule has 0 radical (unpaired) electrons. The van der Waals surface area contributed by atoms with E-state index >= 15 is 4.39 Å². The maximum Gasteiger partial charge on any atom is 0.277 e. The van der Waals surface area contributed by atoms with Crippen LogP contribution < -0.4 is 10.3 Å². The fraction of sp³-hybridized carbons (Fsp3) is 0.367. The van der Waals surface area contributed by atoms with E-state index in [0.29, 0.717) is 40.0 Å². The number of aryl methyl sites for hydroxylation is 1. The van der Waals surface area contributed by atoms with Gasteiger partial charge in [-0.25, -0.2) is 22.5 Å². The number of halogens is 1. The molecule has 2 aromatic carbocycles. The fourth-order valence-corrected chi connectivity index (χ4v) is 6.28. The minimum absolute atomic E-state index is 0.0460. The lowest BCUT2D eigenvalue weighted by molar-refractivity contribution is -0.129. The van der Waals surface area contributed by atoms with Gasteiger partial charge in [-0.15, -0.1) is 0 Å². The minimum atomic E-state index is -3.87. The van der Waals surface area contributed by atoms with E-state index in [1.165, 1.54) is 21.6 Å². The number of nitrogens with one attached hydrogen (secondary N) is 1. The van der Waals surface area contributed by atoms with Crippen molar-refractivity contribution in [3.8, 4) is 11.1 Å². The van der Waals surface area contributed by atoms with Crippen LogP contribution in [0.4, 0.5) is 4.39 Å². The van der Waals surface area contributed by atoms with Gasteiger partial charge in [0.15, 0.2) is 0 Å². The molecular weight excluding hydrogens is 545 g/mol. The molecule has 0 atom stereocenters. The van der Waals surface area contributed by atoms with E-state index in [4.69, 9.17) is 0 Å². The van der Waals surface area contributed by atoms with Gasteiger partial charge in [-0.3, -0.25) is 9.59 Å². The van der Waals surface area contributed by atoms with Gasteiger partial charge < -0.3 is 14.0 Å². The smallest absolute Gasteiger partial charge is 0.277 e. The molecule has 9 nitrogen and oxygen atoms in total. The van der Waals surface area contributed by atoms with Gasteiger partial charge >= 0.3 is 0 Å². The van der Waals surface area contributed by atoms with Crippen molar-refractivity contribution in [2.45, 2.75) is 64.1 Å². The van der Waals surface area contributed by atoms with Gasteiger partial charge in [0.05, 0.1) is 17.0 Å². The van der Waals surface area contributed by atoms with Crippen molar-refractivity contribution in [3.63, 3.8) is 0 Å². The number of fused-ring (bicyclic) bond motifs is 1. The highest BCUT2D eigenvalue weighted by molar-refractivity contribution is 7.89. The van der Waals surface area contributed by atoms with E-state index in [1.54, 1.807) is 82.0 Å². The second-order valence-corrected chi connectivity index (χ2v) is 12.9. The number of hydrogen-bond acceptors (Lipinski definition) is 5. The van der Waals surface area contributed by atoms with E-state index < -0.39 is 21.4 Å². The summed E-state index contributed by atoms with van der Waals surface area (Å²) in [5.74, 6) is -0.126. The van der Waals surface area contributed by atoms with Crippen LogP contribution in [0.1, 0.15) is 45.5 Å². The largest absolute Gasteiger partial charge is 0.347 e. The van der Waals surface area contributed by atoms with Crippen LogP contribution >= 0.6 is 0 Å². The molecule has 0 fully saturated rings. The maximum atomic E-state index is 15.7. The van der Waals surface area contributed by atoms with Gasteiger partial charge in [0, 0.05) is 43.4 Å². The van der Waals surface area contributed by atoms with Gasteiger partial charge in [-0.05, 0) is 51.0 Å². The second kappa shape index (κ2) is 11.6. The number of carbonyl (C=O) groups is 1. The lowest BCUT2D eigenvalue weighted by Gasteiger charge is -2.21. The van der Waals surface area contributed by atoms with Gasteiger partial charge in [0.25, 0.3) is 5.56 Å². The molecule has 0 saturated carbocycles. The summed E-state index contributed by atoms with van der Waals surface area (Å²) in [5, 5.41) is 0. The lowest BCUT2D eigenvalue weighted by atomic mass is 10.0. The Hall–Kier alpha value is -3.83. The Bertz CT molecular complexity index is 1770. The first kappa shape index (κ1) is 30.1. The summed E-state index contributed by atoms with van der Waals surface area (Å²) in [7, 11) is -0.625. The molecule has 218 valence electrons. The molecule has 0 saturated heterocycles. The third-order valence-electron chi connectivity index (χ3n) is 6.54.